The summed E-state index contributed by atoms with van der Waals surface area (Å²) >= 11 is 0. The van der Waals surface area contributed by atoms with Gasteiger partial charge in [-0.1, -0.05) is 0 Å². The highest BCUT2D eigenvalue weighted by Crippen LogP contribution is 2.01. The van der Waals surface area contributed by atoms with Crippen LogP contribution >= 0.6 is 0 Å². The largest absolute Gasteiger partial charge is 0.480 e. The van der Waals surface area contributed by atoms with Crippen LogP contribution in [0.2, 0.25) is 0 Å². The van der Waals surface area contributed by atoms with E-state index >= 15 is 0 Å². The Balaban J connectivity index is 4.34. The molecule has 0 heterocycles. The minimum Gasteiger partial charge on any atom is -0.480 e. The fourth-order valence-corrected chi connectivity index (χ4v) is 1.72. The van der Waals surface area contributed by atoms with Crippen LogP contribution in [0.3, 0.4) is 0 Å². The van der Waals surface area contributed by atoms with Crippen LogP contribution in [0.4, 0.5) is 0 Å². The molecule has 12 nitrogen and oxygen atoms in total. The minimum atomic E-state index is -1.11. The van der Waals surface area contributed by atoms with E-state index in [4.69, 9.17) is 33.1 Å². The first-order valence-electron chi connectivity index (χ1n) is 7.31. The van der Waals surface area contributed by atoms with Gasteiger partial charge in [-0.2, -0.15) is 0 Å². The molecule has 0 fully saturated rings. The second-order valence-electron chi connectivity index (χ2n) is 4.97. The lowest BCUT2D eigenvalue weighted by Gasteiger charge is -2.19. The number of rotatable bonds is 13. The van der Waals surface area contributed by atoms with Gasteiger partial charge in [0, 0.05) is 13.1 Å². The lowest BCUT2D eigenvalue weighted by molar-refractivity contribution is -0.143. The van der Waals surface area contributed by atoms with Crippen molar-refractivity contribution in [2.24, 2.45) is 32.9 Å². The molecule has 0 rings (SSSR count). The molecule has 12 heteroatoms. The predicted octanol–water partition coefficient (Wildman–Crippen LogP) is -2.91. The van der Waals surface area contributed by atoms with Gasteiger partial charge in [0.25, 0.3) is 0 Å². The molecule has 24 heavy (non-hydrogen) atoms. The maximum atomic E-state index is 11.2. The Morgan fingerprint density at radius 3 is 1.38 bits per heavy atom. The van der Waals surface area contributed by atoms with E-state index in [0.29, 0.717) is 12.8 Å². The standard InChI is InChI=1S/C12H26N8O4/c13-11(14)17-5-1-3-7(9(21)22)19-20-8(10(23)24)4-2-6-18-12(15)16/h7-8,19-20H,1-6H2,(H,21,22)(H,23,24)(H4,13,14,17)(H4,15,16,18)/t7-,8-/m0/s1. The van der Waals surface area contributed by atoms with E-state index in [-0.39, 0.29) is 37.9 Å². The minimum absolute atomic E-state index is 0.0697. The molecule has 0 aromatic heterocycles. The second kappa shape index (κ2) is 11.9. The summed E-state index contributed by atoms with van der Waals surface area (Å²) in [6, 6.07) is -1.95. The molecule has 12 N–H and O–H groups in total. The van der Waals surface area contributed by atoms with Gasteiger partial charge in [0.15, 0.2) is 11.9 Å². The number of carboxylic acid groups (broad SMARTS) is 2. The first-order chi connectivity index (χ1) is 11.2. The summed E-state index contributed by atoms with van der Waals surface area (Å²) < 4.78 is 0. The van der Waals surface area contributed by atoms with Gasteiger partial charge in [-0.15, -0.1) is 0 Å². The van der Waals surface area contributed by atoms with Crippen molar-refractivity contribution in [2.75, 3.05) is 13.1 Å². The van der Waals surface area contributed by atoms with E-state index in [0.717, 1.165) is 0 Å². The molecule has 0 aliphatic carbocycles. The van der Waals surface area contributed by atoms with Crippen molar-refractivity contribution in [3.05, 3.63) is 0 Å². The number of nitrogens with zero attached hydrogens (tertiary/aromatic N) is 2. The summed E-state index contributed by atoms with van der Waals surface area (Å²) in [5.41, 5.74) is 25.7. The lowest BCUT2D eigenvalue weighted by atomic mass is 10.1. The summed E-state index contributed by atoms with van der Waals surface area (Å²) in [6.45, 7) is 0.573. The average molecular weight is 346 g/mol. The van der Waals surface area contributed by atoms with Crippen LogP contribution in [-0.2, 0) is 9.59 Å². The Labute approximate surface area is 139 Å². The molecule has 0 spiro atoms. The Kier molecular flexibility index (Phi) is 10.6. The number of nitrogens with two attached hydrogens (primary N) is 4. The first kappa shape index (κ1) is 21.4. The van der Waals surface area contributed by atoms with Gasteiger partial charge in [0.1, 0.15) is 12.1 Å². The van der Waals surface area contributed by atoms with Gasteiger partial charge in [-0.25, -0.2) is 10.9 Å². The Morgan fingerprint density at radius 1 is 0.792 bits per heavy atom. The monoisotopic (exact) mass is 346 g/mol. The van der Waals surface area contributed by atoms with Crippen LogP contribution in [0.5, 0.6) is 0 Å². The molecule has 0 aromatic carbocycles. The first-order valence-corrected chi connectivity index (χ1v) is 7.31. The smallest absolute Gasteiger partial charge is 0.322 e. The van der Waals surface area contributed by atoms with Crippen molar-refractivity contribution in [3.8, 4) is 0 Å². The van der Waals surface area contributed by atoms with E-state index in [1.807, 2.05) is 0 Å². The molecule has 0 saturated carbocycles. The zero-order valence-corrected chi connectivity index (χ0v) is 13.3. The SMILES string of the molecule is NC(N)=NCCC[C@H](NN[C@@H](CCCN=C(N)N)C(=O)O)C(=O)O. The van der Waals surface area contributed by atoms with E-state index < -0.39 is 24.0 Å². The number of carbonyl (C=O) groups is 2. The second-order valence-corrected chi connectivity index (χ2v) is 4.97. The molecule has 0 saturated heterocycles. The van der Waals surface area contributed by atoms with Crippen LogP contribution in [0.25, 0.3) is 0 Å². The van der Waals surface area contributed by atoms with E-state index in [1.165, 1.54) is 0 Å². The van der Waals surface area contributed by atoms with Crippen LogP contribution < -0.4 is 33.8 Å². The van der Waals surface area contributed by atoms with Gasteiger partial charge < -0.3 is 33.1 Å². The van der Waals surface area contributed by atoms with Crippen molar-refractivity contribution in [3.63, 3.8) is 0 Å². The highest BCUT2D eigenvalue weighted by Gasteiger charge is 2.21. The van der Waals surface area contributed by atoms with Gasteiger partial charge in [-0.3, -0.25) is 19.6 Å². The number of hydrogen-bond donors (Lipinski definition) is 8. The number of aliphatic carboxylic acids is 2. The third kappa shape index (κ3) is 11.0. The Bertz CT molecular complexity index is 418. The van der Waals surface area contributed by atoms with Crippen LogP contribution in [-0.4, -0.2) is 59.2 Å². The highest BCUT2D eigenvalue weighted by atomic mass is 16.4. The van der Waals surface area contributed by atoms with Crippen LogP contribution in [0.15, 0.2) is 9.98 Å². The molecule has 0 aliphatic heterocycles. The summed E-state index contributed by atoms with van der Waals surface area (Å²) in [6.07, 6.45) is 1.29. The zero-order chi connectivity index (χ0) is 18.5. The molecule has 0 radical (unpaired) electrons. The van der Waals surface area contributed by atoms with E-state index in [2.05, 4.69) is 20.8 Å². The number of nitrogens with one attached hydrogen (secondary N) is 2. The van der Waals surface area contributed by atoms with Crippen molar-refractivity contribution >= 4 is 23.9 Å². The van der Waals surface area contributed by atoms with Crippen molar-refractivity contribution in [1.29, 1.82) is 0 Å². The lowest BCUT2D eigenvalue weighted by Crippen LogP contribution is -2.52. The Hall–Kier alpha value is -2.60. The van der Waals surface area contributed by atoms with Crippen LogP contribution in [0, 0.1) is 0 Å². The molecule has 2 atom stereocenters. The Morgan fingerprint density at radius 2 is 1.12 bits per heavy atom. The molecule has 0 bridgehead atoms. The number of hydrazine groups is 1. The fraction of sp³-hybridized carbons (Fsp3) is 0.667. The average Bonchev–Trinajstić information content (AvgIpc) is 2.46. The number of aliphatic imine (C=N–C) groups is 2. The molecule has 138 valence electrons. The van der Waals surface area contributed by atoms with E-state index in [1.54, 1.807) is 0 Å². The topological polar surface area (TPSA) is 227 Å². The van der Waals surface area contributed by atoms with Gasteiger partial charge in [0.05, 0.1) is 0 Å². The number of hydrogen-bond acceptors (Lipinski definition) is 6. The maximum absolute atomic E-state index is 11.2. The third-order valence-electron chi connectivity index (χ3n) is 2.92. The number of guanidine groups is 2. The van der Waals surface area contributed by atoms with Gasteiger partial charge in [-0.05, 0) is 25.7 Å². The normalized spacial score (nSPS) is 12.8. The van der Waals surface area contributed by atoms with Crippen molar-refractivity contribution in [2.45, 2.75) is 37.8 Å². The quantitative estimate of drug-likeness (QED) is 0.0733. The molecular formula is C12H26N8O4. The third-order valence-corrected chi connectivity index (χ3v) is 2.92. The van der Waals surface area contributed by atoms with Crippen molar-refractivity contribution < 1.29 is 19.8 Å². The summed E-state index contributed by atoms with van der Waals surface area (Å²) in [7, 11) is 0. The molecule has 0 aliphatic rings. The van der Waals surface area contributed by atoms with Gasteiger partial charge in [0.2, 0.25) is 0 Å². The molecule has 0 aromatic rings. The maximum Gasteiger partial charge on any atom is 0.322 e. The molecule has 0 amide bonds. The van der Waals surface area contributed by atoms with Crippen LogP contribution in [0.1, 0.15) is 25.7 Å². The summed E-state index contributed by atoms with van der Waals surface area (Å²) in [4.78, 5) is 29.8. The van der Waals surface area contributed by atoms with Crippen molar-refractivity contribution in [1.82, 2.24) is 10.9 Å². The molecule has 0 unspecified atom stereocenters. The fourth-order valence-electron chi connectivity index (χ4n) is 1.72. The number of carboxylic acids is 2. The highest BCUT2D eigenvalue weighted by molar-refractivity contribution is 5.76. The van der Waals surface area contributed by atoms with E-state index in [9.17, 15) is 9.59 Å². The predicted molar refractivity (Wildman–Crippen MR) is 88.9 cm³/mol. The summed E-state index contributed by atoms with van der Waals surface area (Å²) in [5, 5.41) is 18.3. The molecular weight excluding hydrogens is 320 g/mol. The van der Waals surface area contributed by atoms with Gasteiger partial charge >= 0.3 is 11.9 Å². The zero-order valence-electron chi connectivity index (χ0n) is 13.3. The summed E-state index contributed by atoms with van der Waals surface area (Å²) in [5.74, 6) is -2.37.